The molecule has 0 amide bonds. The minimum absolute atomic E-state index is 0.0830. The average molecular weight is 297 g/mol. The highest BCUT2D eigenvalue weighted by atomic mass is 16.6. The number of nitrogens with zero attached hydrogens (tertiary/aromatic N) is 3. The van der Waals surface area contributed by atoms with E-state index >= 15 is 0 Å². The van der Waals surface area contributed by atoms with Gasteiger partial charge >= 0.3 is 0 Å². The first-order chi connectivity index (χ1) is 10.1. The number of anilines is 1. The summed E-state index contributed by atoms with van der Waals surface area (Å²) < 4.78 is 6.83. The van der Waals surface area contributed by atoms with Gasteiger partial charge in [-0.15, -0.1) is 0 Å². The number of aromatic nitrogens is 4. The molecule has 1 fully saturated rings. The zero-order valence-corrected chi connectivity index (χ0v) is 11.1. The van der Waals surface area contributed by atoms with Gasteiger partial charge in [-0.1, -0.05) is 0 Å². The van der Waals surface area contributed by atoms with Crippen LogP contribution in [0.15, 0.2) is 11.1 Å². The van der Waals surface area contributed by atoms with Gasteiger partial charge in [0.25, 0.3) is 5.56 Å². The molecule has 3 rings (SSSR count). The summed E-state index contributed by atoms with van der Waals surface area (Å²) in [6.07, 6.45) is -3.26. The Hall–Kier alpha value is -2.01. The van der Waals surface area contributed by atoms with E-state index < -0.39 is 36.7 Å². The molecule has 0 aliphatic carbocycles. The third-order valence-corrected chi connectivity index (χ3v) is 3.48. The summed E-state index contributed by atoms with van der Waals surface area (Å²) in [5.74, 6) is 0.254. The number of imidazole rings is 1. The van der Waals surface area contributed by atoms with Crippen molar-refractivity contribution >= 4 is 17.1 Å². The Morgan fingerprint density at radius 1 is 1.48 bits per heavy atom. The maximum atomic E-state index is 11.7. The molecule has 1 aliphatic rings. The monoisotopic (exact) mass is 297 g/mol. The molecular weight excluding hydrogens is 282 g/mol. The average Bonchev–Trinajstić information content (AvgIpc) is 2.99. The van der Waals surface area contributed by atoms with E-state index in [1.165, 1.54) is 10.9 Å². The molecule has 0 radical (unpaired) electrons. The van der Waals surface area contributed by atoms with Gasteiger partial charge in [-0.05, 0) is 0 Å². The van der Waals surface area contributed by atoms with Gasteiger partial charge < -0.3 is 30.4 Å². The molecule has 10 heteroatoms. The first-order valence-corrected chi connectivity index (χ1v) is 6.34. The van der Waals surface area contributed by atoms with Crippen molar-refractivity contribution < 1.29 is 20.1 Å². The van der Waals surface area contributed by atoms with Crippen molar-refractivity contribution in [2.45, 2.75) is 24.5 Å². The van der Waals surface area contributed by atoms with E-state index in [1.807, 2.05) is 0 Å². The van der Waals surface area contributed by atoms with Crippen LogP contribution < -0.4 is 10.9 Å². The molecule has 1 saturated heterocycles. The Kier molecular flexibility index (Phi) is 3.37. The van der Waals surface area contributed by atoms with E-state index in [4.69, 9.17) is 9.84 Å². The van der Waals surface area contributed by atoms with Crippen LogP contribution >= 0.6 is 0 Å². The lowest BCUT2D eigenvalue weighted by Gasteiger charge is -2.18. The number of rotatable bonds is 3. The molecule has 0 spiro atoms. The number of aromatic amines is 1. The second-order valence-corrected chi connectivity index (χ2v) is 4.69. The van der Waals surface area contributed by atoms with Crippen LogP contribution in [0.5, 0.6) is 0 Å². The number of fused-ring (bicyclic) bond motifs is 1. The van der Waals surface area contributed by atoms with Crippen LogP contribution in [0.2, 0.25) is 0 Å². The Morgan fingerprint density at radius 2 is 2.24 bits per heavy atom. The fraction of sp³-hybridized carbons (Fsp3) is 0.545. The van der Waals surface area contributed by atoms with Crippen LogP contribution in [-0.2, 0) is 4.74 Å². The molecular formula is C11H15N5O5. The number of aliphatic hydroxyl groups excluding tert-OH is 3. The number of nitrogens with one attached hydrogen (secondary N) is 2. The SMILES string of the molecule is CNc1nc2c(=O)[nH]cnc2n1[C@@H]1O[C@@H](CO)[C@@H](O)[C@H]1O. The molecule has 2 aromatic rings. The Labute approximate surface area is 118 Å². The maximum absolute atomic E-state index is 11.7. The van der Waals surface area contributed by atoms with Gasteiger partial charge in [-0.25, -0.2) is 9.97 Å². The second-order valence-electron chi connectivity index (χ2n) is 4.69. The highest BCUT2D eigenvalue weighted by Crippen LogP contribution is 2.33. The summed E-state index contributed by atoms with van der Waals surface area (Å²) in [7, 11) is 1.59. The van der Waals surface area contributed by atoms with E-state index in [0.29, 0.717) is 0 Å². The maximum Gasteiger partial charge on any atom is 0.278 e. The fourth-order valence-corrected chi connectivity index (χ4v) is 2.43. The first kappa shape index (κ1) is 13.9. The molecule has 0 saturated carbocycles. The van der Waals surface area contributed by atoms with Crippen molar-refractivity contribution in [2.24, 2.45) is 0 Å². The molecule has 114 valence electrons. The summed E-state index contributed by atoms with van der Waals surface area (Å²) in [6.45, 7) is -0.440. The second kappa shape index (κ2) is 5.07. The minimum atomic E-state index is -1.28. The highest BCUT2D eigenvalue weighted by molar-refractivity contribution is 5.73. The zero-order chi connectivity index (χ0) is 15.1. The quantitative estimate of drug-likeness (QED) is 0.428. The molecule has 5 N–H and O–H groups in total. The summed E-state index contributed by atoms with van der Waals surface area (Å²) in [6, 6.07) is 0. The summed E-state index contributed by atoms with van der Waals surface area (Å²) in [5, 5.41) is 31.9. The number of hydrogen-bond donors (Lipinski definition) is 5. The van der Waals surface area contributed by atoms with Crippen molar-refractivity contribution in [3.63, 3.8) is 0 Å². The standard InChI is InChI=1S/C11H15N5O5/c1-12-11-15-5-8(13-3-14-9(5)20)16(11)10-7(19)6(18)4(2-17)21-10/h3-4,6-7,10,17-19H,2H2,1H3,(H,12,15)(H,13,14,20)/t4-,6+,7+,10+/m0/s1. The lowest BCUT2D eigenvalue weighted by atomic mass is 10.1. The van der Waals surface area contributed by atoms with Gasteiger partial charge in [-0.2, -0.15) is 0 Å². The lowest BCUT2D eigenvalue weighted by Crippen LogP contribution is -2.33. The largest absolute Gasteiger partial charge is 0.394 e. The summed E-state index contributed by atoms with van der Waals surface area (Å²) in [5.41, 5.74) is -0.139. The smallest absolute Gasteiger partial charge is 0.278 e. The van der Waals surface area contributed by atoms with Gasteiger partial charge in [0.15, 0.2) is 17.4 Å². The number of hydrogen-bond acceptors (Lipinski definition) is 8. The third-order valence-electron chi connectivity index (χ3n) is 3.48. The van der Waals surface area contributed by atoms with Crippen molar-refractivity contribution in [3.05, 3.63) is 16.7 Å². The van der Waals surface area contributed by atoms with Gasteiger partial charge in [0, 0.05) is 7.05 Å². The molecule has 10 nitrogen and oxygen atoms in total. The van der Waals surface area contributed by atoms with Crippen molar-refractivity contribution in [1.29, 1.82) is 0 Å². The van der Waals surface area contributed by atoms with Crippen LogP contribution in [0.3, 0.4) is 0 Å². The Balaban J connectivity index is 2.16. The van der Waals surface area contributed by atoms with Crippen molar-refractivity contribution in [1.82, 2.24) is 19.5 Å². The number of H-pyrrole nitrogens is 1. The molecule has 2 aromatic heterocycles. The first-order valence-electron chi connectivity index (χ1n) is 6.34. The van der Waals surface area contributed by atoms with Crippen LogP contribution in [0, 0.1) is 0 Å². The van der Waals surface area contributed by atoms with Gasteiger partial charge in [0.2, 0.25) is 5.95 Å². The van der Waals surface area contributed by atoms with Crippen LogP contribution in [0.25, 0.3) is 11.2 Å². The molecule has 21 heavy (non-hydrogen) atoms. The topological polar surface area (TPSA) is 146 Å². The third kappa shape index (κ3) is 2.00. The zero-order valence-electron chi connectivity index (χ0n) is 11.1. The molecule has 0 bridgehead atoms. The minimum Gasteiger partial charge on any atom is -0.394 e. The predicted molar refractivity (Wildman–Crippen MR) is 70.7 cm³/mol. The van der Waals surface area contributed by atoms with E-state index in [2.05, 4.69) is 20.3 Å². The van der Waals surface area contributed by atoms with Gasteiger partial charge in [0.1, 0.15) is 18.3 Å². The van der Waals surface area contributed by atoms with E-state index in [0.717, 1.165) is 0 Å². The van der Waals surface area contributed by atoms with Crippen molar-refractivity contribution in [3.8, 4) is 0 Å². The van der Waals surface area contributed by atoms with Gasteiger partial charge in [0.05, 0.1) is 12.9 Å². The van der Waals surface area contributed by atoms with Gasteiger partial charge in [-0.3, -0.25) is 9.36 Å². The predicted octanol–water partition coefficient (Wildman–Crippen LogP) is -2.23. The van der Waals surface area contributed by atoms with Crippen LogP contribution in [-0.4, -0.2) is 66.8 Å². The Morgan fingerprint density at radius 3 is 2.86 bits per heavy atom. The van der Waals surface area contributed by atoms with Crippen LogP contribution in [0.1, 0.15) is 6.23 Å². The molecule has 1 aliphatic heterocycles. The van der Waals surface area contributed by atoms with E-state index in [-0.39, 0.29) is 17.1 Å². The molecule has 0 unspecified atom stereocenters. The molecule has 4 atom stereocenters. The number of aliphatic hydroxyl groups is 3. The lowest BCUT2D eigenvalue weighted by molar-refractivity contribution is -0.0501. The van der Waals surface area contributed by atoms with E-state index in [1.54, 1.807) is 7.05 Å². The summed E-state index contributed by atoms with van der Waals surface area (Å²) in [4.78, 5) is 22.3. The Bertz CT molecular complexity index is 713. The molecule has 3 heterocycles. The van der Waals surface area contributed by atoms with E-state index in [9.17, 15) is 15.0 Å². The summed E-state index contributed by atoms with van der Waals surface area (Å²) >= 11 is 0. The fourth-order valence-electron chi connectivity index (χ4n) is 2.43. The number of ether oxygens (including phenoxy) is 1. The van der Waals surface area contributed by atoms with Crippen molar-refractivity contribution in [2.75, 3.05) is 19.0 Å². The normalized spacial score (nSPS) is 29.1. The highest BCUT2D eigenvalue weighted by Gasteiger charge is 2.44. The molecule has 0 aromatic carbocycles. The van der Waals surface area contributed by atoms with Crippen LogP contribution in [0.4, 0.5) is 5.95 Å².